The van der Waals surface area contributed by atoms with Crippen molar-refractivity contribution < 1.29 is 19.0 Å². The highest BCUT2D eigenvalue weighted by Gasteiger charge is 2.38. The van der Waals surface area contributed by atoms with Crippen molar-refractivity contribution in [2.24, 2.45) is 0 Å². The maximum atomic E-state index is 13.5. The molecular weight excluding hydrogens is 446 g/mol. The van der Waals surface area contributed by atoms with E-state index in [2.05, 4.69) is 0 Å². The van der Waals surface area contributed by atoms with Gasteiger partial charge in [-0.25, -0.2) is 0 Å². The number of halogens is 1. The molecule has 1 saturated heterocycles. The first-order valence-electron chi connectivity index (χ1n) is 9.88. The number of nitrogens with zero attached hydrogens (tertiary/aromatic N) is 1. The highest BCUT2D eigenvalue weighted by Crippen LogP contribution is 2.49. The van der Waals surface area contributed by atoms with Gasteiger partial charge in [0.15, 0.2) is 11.5 Å². The zero-order valence-electron chi connectivity index (χ0n) is 17.9. The summed E-state index contributed by atoms with van der Waals surface area (Å²) in [6.45, 7) is 0. The van der Waals surface area contributed by atoms with Gasteiger partial charge in [0, 0.05) is 10.7 Å². The third-order valence-electron chi connectivity index (χ3n) is 5.06. The molecule has 1 atom stereocenters. The van der Waals surface area contributed by atoms with Crippen LogP contribution in [0, 0.1) is 0 Å². The second-order valence-electron chi connectivity index (χ2n) is 7.00. The zero-order chi connectivity index (χ0) is 22.7. The second-order valence-corrected chi connectivity index (χ2v) is 8.56. The van der Waals surface area contributed by atoms with Gasteiger partial charge >= 0.3 is 0 Å². The van der Waals surface area contributed by atoms with Crippen molar-refractivity contribution in [3.05, 3.63) is 87.8 Å². The fourth-order valence-electron chi connectivity index (χ4n) is 3.59. The summed E-state index contributed by atoms with van der Waals surface area (Å²) in [5.74, 6) is 1.46. The van der Waals surface area contributed by atoms with E-state index in [0.717, 1.165) is 16.8 Å². The molecule has 32 heavy (non-hydrogen) atoms. The summed E-state index contributed by atoms with van der Waals surface area (Å²) in [7, 11) is 4.69. The highest BCUT2D eigenvalue weighted by molar-refractivity contribution is 8.05. The normalized spacial score (nSPS) is 17.0. The van der Waals surface area contributed by atoms with Gasteiger partial charge < -0.3 is 14.2 Å². The first kappa shape index (κ1) is 22.1. The summed E-state index contributed by atoms with van der Waals surface area (Å²) in [5, 5.41) is 0.365. The molecule has 1 unspecified atom stereocenters. The van der Waals surface area contributed by atoms with E-state index in [9.17, 15) is 4.79 Å². The molecule has 1 fully saturated rings. The molecule has 1 aliphatic rings. The van der Waals surface area contributed by atoms with Crippen LogP contribution in [0.25, 0.3) is 6.08 Å². The van der Waals surface area contributed by atoms with Crippen LogP contribution in [0.15, 0.2) is 71.6 Å². The molecule has 7 heteroatoms. The Morgan fingerprint density at radius 1 is 0.906 bits per heavy atom. The molecule has 0 spiro atoms. The molecule has 0 saturated carbocycles. The smallest absolute Gasteiger partial charge is 0.266 e. The number of ether oxygens (including phenoxy) is 3. The number of anilines is 1. The van der Waals surface area contributed by atoms with Crippen LogP contribution in [-0.4, -0.2) is 27.2 Å². The van der Waals surface area contributed by atoms with E-state index in [1.54, 1.807) is 38.4 Å². The molecule has 1 aliphatic heterocycles. The monoisotopic (exact) mass is 467 g/mol. The summed E-state index contributed by atoms with van der Waals surface area (Å²) >= 11 is 7.72. The van der Waals surface area contributed by atoms with Gasteiger partial charge in [-0.05, 0) is 47.5 Å². The van der Waals surface area contributed by atoms with Crippen LogP contribution in [-0.2, 0) is 4.79 Å². The van der Waals surface area contributed by atoms with Gasteiger partial charge in [0.25, 0.3) is 5.91 Å². The van der Waals surface area contributed by atoms with E-state index in [0.29, 0.717) is 27.2 Å². The Morgan fingerprint density at radius 2 is 1.59 bits per heavy atom. The zero-order valence-corrected chi connectivity index (χ0v) is 19.4. The number of hydrogen-bond acceptors (Lipinski definition) is 5. The Kier molecular flexibility index (Phi) is 6.63. The summed E-state index contributed by atoms with van der Waals surface area (Å²) in [5.41, 5.74) is 2.55. The lowest BCUT2D eigenvalue weighted by Crippen LogP contribution is -2.27. The molecule has 0 aromatic heterocycles. The molecule has 1 amide bonds. The Bertz CT molecular complexity index is 1140. The van der Waals surface area contributed by atoms with Crippen LogP contribution in [0.2, 0.25) is 5.02 Å². The molecule has 5 nitrogen and oxygen atoms in total. The molecule has 164 valence electrons. The van der Waals surface area contributed by atoms with Gasteiger partial charge in [0.05, 0.1) is 26.2 Å². The van der Waals surface area contributed by atoms with Crippen molar-refractivity contribution in [2.75, 3.05) is 26.2 Å². The molecule has 1 heterocycles. The quantitative estimate of drug-likeness (QED) is 0.405. The van der Waals surface area contributed by atoms with Crippen molar-refractivity contribution in [3.63, 3.8) is 0 Å². The third kappa shape index (κ3) is 4.29. The predicted molar refractivity (Wildman–Crippen MR) is 130 cm³/mol. The largest absolute Gasteiger partial charge is 0.493 e. The summed E-state index contributed by atoms with van der Waals surface area (Å²) < 4.78 is 16.3. The van der Waals surface area contributed by atoms with Gasteiger partial charge in [0.1, 0.15) is 5.37 Å². The average molecular weight is 468 g/mol. The first-order valence-corrected chi connectivity index (χ1v) is 11.1. The maximum absolute atomic E-state index is 13.5. The highest BCUT2D eigenvalue weighted by atomic mass is 35.5. The Morgan fingerprint density at radius 3 is 2.19 bits per heavy atom. The fourth-order valence-corrected chi connectivity index (χ4v) is 5.04. The van der Waals surface area contributed by atoms with E-state index < -0.39 is 0 Å². The van der Waals surface area contributed by atoms with Crippen molar-refractivity contribution in [2.45, 2.75) is 5.37 Å². The van der Waals surface area contributed by atoms with Gasteiger partial charge in [-0.2, -0.15) is 0 Å². The third-order valence-corrected chi connectivity index (χ3v) is 6.55. The Labute approximate surface area is 196 Å². The summed E-state index contributed by atoms with van der Waals surface area (Å²) in [6.07, 6.45) is 1.85. The van der Waals surface area contributed by atoms with Gasteiger partial charge in [-0.3, -0.25) is 9.69 Å². The van der Waals surface area contributed by atoms with Crippen molar-refractivity contribution in [3.8, 4) is 17.2 Å². The van der Waals surface area contributed by atoms with Crippen molar-refractivity contribution >= 4 is 41.0 Å². The van der Waals surface area contributed by atoms with Crippen LogP contribution < -0.4 is 19.1 Å². The number of methoxy groups -OCH3 is 3. The average Bonchev–Trinajstić information content (AvgIpc) is 3.14. The fraction of sp³-hybridized carbons (Fsp3) is 0.160. The number of hydrogen-bond donors (Lipinski definition) is 0. The minimum atomic E-state index is -0.213. The molecule has 4 rings (SSSR count). The topological polar surface area (TPSA) is 48.0 Å². The lowest BCUT2D eigenvalue weighted by Gasteiger charge is -2.23. The van der Waals surface area contributed by atoms with Gasteiger partial charge in [-0.15, -0.1) is 0 Å². The minimum Gasteiger partial charge on any atom is -0.493 e. The molecule has 0 aliphatic carbocycles. The lowest BCUT2D eigenvalue weighted by atomic mass is 10.1. The van der Waals surface area contributed by atoms with Crippen LogP contribution in [0.1, 0.15) is 16.5 Å². The van der Waals surface area contributed by atoms with Crippen molar-refractivity contribution in [1.82, 2.24) is 0 Å². The Hall–Kier alpha value is -3.09. The van der Waals surface area contributed by atoms with E-state index in [1.165, 1.54) is 11.8 Å². The van der Waals surface area contributed by atoms with Gasteiger partial charge in [0.2, 0.25) is 5.75 Å². The molecule has 3 aromatic carbocycles. The van der Waals surface area contributed by atoms with E-state index in [-0.39, 0.29) is 11.3 Å². The predicted octanol–water partition coefficient (Wildman–Crippen LogP) is 6.19. The van der Waals surface area contributed by atoms with Crippen LogP contribution in [0.4, 0.5) is 5.69 Å². The first-order chi connectivity index (χ1) is 15.5. The van der Waals surface area contributed by atoms with E-state index in [1.807, 2.05) is 60.7 Å². The van der Waals surface area contributed by atoms with Crippen molar-refractivity contribution in [1.29, 1.82) is 0 Å². The van der Waals surface area contributed by atoms with E-state index in [4.69, 9.17) is 25.8 Å². The van der Waals surface area contributed by atoms with Crippen LogP contribution >= 0.6 is 23.4 Å². The molecule has 0 radical (unpaired) electrons. The molecular formula is C25H22ClNO4S. The minimum absolute atomic E-state index is 0.0973. The molecule has 0 bridgehead atoms. The summed E-state index contributed by atoms with van der Waals surface area (Å²) in [6, 6.07) is 20.9. The second kappa shape index (κ2) is 9.59. The Balaban J connectivity index is 1.79. The SMILES string of the molecule is COc1cc(C=C2SC(c3ccccc3)N(c3cccc(Cl)c3)C2=O)cc(OC)c1OC. The number of rotatable bonds is 6. The maximum Gasteiger partial charge on any atom is 0.266 e. The van der Waals surface area contributed by atoms with E-state index >= 15 is 0 Å². The van der Waals surface area contributed by atoms with Gasteiger partial charge in [-0.1, -0.05) is 59.8 Å². The number of benzene rings is 3. The van der Waals surface area contributed by atoms with Crippen LogP contribution in [0.3, 0.4) is 0 Å². The molecule has 3 aromatic rings. The van der Waals surface area contributed by atoms with Crippen LogP contribution in [0.5, 0.6) is 17.2 Å². The standard InChI is InChI=1S/C25H22ClNO4S/c1-29-20-12-16(13-21(30-2)23(20)31-3)14-22-24(28)27(19-11-7-10-18(26)15-19)25(32-22)17-8-5-4-6-9-17/h4-15,25H,1-3H3. The number of thioether (sulfide) groups is 1. The molecule has 0 N–H and O–H groups in total. The summed E-state index contributed by atoms with van der Waals surface area (Å²) in [4.78, 5) is 15.9. The number of amides is 1. The number of carbonyl (C=O) groups is 1. The lowest BCUT2D eigenvalue weighted by molar-refractivity contribution is -0.114. The number of carbonyl (C=O) groups excluding carboxylic acids is 1.